The van der Waals surface area contributed by atoms with E-state index in [4.69, 9.17) is 9.47 Å². The van der Waals surface area contributed by atoms with Gasteiger partial charge in [-0.1, -0.05) is 26.2 Å². The Morgan fingerprint density at radius 2 is 1.86 bits per heavy atom. The molecule has 1 fully saturated rings. The summed E-state index contributed by atoms with van der Waals surface area (Å²) < 4.78 is 10.4. The minimum Gasteiger partial charge on any atom is -0.435 e. The SMILES string of the molecule is COC(OC(C)=O)C1(C)CCCCC1. The van der Waals surface area contributed by atoms with Crippen molar-refractivity contribution in [3.05, 3.63) is 0 Å². The molecule has 0 aromatic carbocycles. The maximum Gasteiger partial charge on any atom is 0.304 e. The number of rotatable bonds is 3. The van der Waals surface area contributed by atoms with E-state index in [0.29, 0.717) is 0 Å². The summed E-state index contributed by atoms with van der Waals surface area (Å²) in [5.41, 5.74) is 0.0126. The molecular weight excluding hydrogens is 180 g/mol. The molecule has 0 bridgehead atoms. The fourth-order valence-electron chi connectivity index (χ4n) is 2.22. The molecule has 1 saturated carbocycles. The molecule has 0 aromatic heterocycles. The van der Waals surface area contributed by atoms with Crippen molar-refractivity contribution >= 4 is 5.97 Å². The fraction of sp³-hybridized carbons (Fsp3) is 0.909. The van der Waals surface area contributed by atoms with Gasteiger partial charge in [0.1, 0.15) is 0 Å². The molecule has 14 heavy (non-hydrogen) atoms. The molecule has 0 aromatic rings. The van der Waals surface area contributed by atoms with Gasteiger partial charge in [0.25, 0.3) is 0 Å². The van der Waals surface area contributed by atoms with Gasteiger partial charge < -0.3 is 9.47 Å². The van der Waals surface area contributed by atoms with Crippen LogP contribution in [-0.4, -0.2) is 19.4 Å². The molecule has 1 unspecified atom stereocenters. The summed E-state index contributed by atoms with van der Waals surface area (Å²) in [5.74, 6) is -0.261. The van der Waals surface area contributed by atoms with Crippen LogP contribution in [0.25, 0.3) is 0 Å². The Morgan fingerprint density at radius 1 is 1.29 bits per heavy atom. The molecule has 1 aliphatic rings. The monoisotopic (exact) mass is 200 g/mol. The lowest BCUT2D eigenvalue weighted by molar-refractivity contribution is -0.203. The number of ether oxygens (including phenoxy) is 2. The van der Waals surface area contributed by atoms with Gasteiger partial charge in [0.15, 0.2) is 0 Å². The summed E-state index contributed by atoms with van der Waals surface area (Å²) in [6, 6.07) is 0. The first-order valence-electron chi connectivity index (χ1n) is 5.28. The van der Waals surface area contributed by atoms with E-state index >= 15 is 0 Å². The lowest BCUT2D eigenvalue weighted by Crippen LogP contribution is -2.38. The van der Waals surface area contributed by atoms with Crippen LogP contribution in [0.3, 0.4) is 0 Å². The Hall–Kier alpha value is -0.570. The fourth-order valence-corrected chi connectivity index (χ4v) is 2.22. The van der Waals surface area contributed by atoms with Gasteiger partial charge in [-0.2, -0.15) is 0 Å². The topological polar surface area (TPSA) is 35.5 Å². The van der Waals surface area contributed by atoms with Crippen molar-refractivity contribution < 1.29 is 14.3 Å². The normalized spacial score (nSPS) is 22.8. The summed E-state index contributed by atoms with van der Waals surface area (Å²) in [5, 5.41) is 0. The van der Waals surface area contributed by atoms with Crippen molar-refractivity contribution in [3.8, 4) is 0 Å². The minimum absolute atomic E-state index is 0.0126. The van der Waals surface area contributed by atoms with E-state index < -0.39 is 0 Å². The van der Waals surface area contributed by atoms with Gasteiger partial charge in [-0.3, -0.25) is 4.79 Å². The lowest BCUT2D eigenvalue weighted by atomic mass is 9.75. The van der Waals surface area contributed by atoms with Gasteiger partial charge in [-0.15, -0.1) is 0 Å². The van der Waals surface area contributed by atoms with Gasteiger partial charge in [0.2, 0.25) is 6.29 Å². The van der Waals surface area contributed by atoms with Crippen LogP contribution in [0.5, 0.6) is 0 Å². The Morgan fingerprint density at radius 3 is 2.29 bits per heavy atom. The van der Waals surface area contributed by atoms with Crippen molar-refractivity contribution in [1.29, 1.82) is 0 Å². The van der Waals surface area contributed by atoms with E-state index in [0.717, 1.165) is 12.8 Å². The molecule has 3 nitrogen and oxygen atoms in total. The highest BCUT2D eigenvalue weighted by Crippen LogP contribution is 2.40. The highest BCUT2D eigenvalue weighted by Gasteiger charge is 2.37. The van der Waals surface area contributed by atoms with Crippen molar-refractivity contribution in [2.45, 2.75) is 52.2 Å². The van der Waals surface area contributed by atoms with E-state index in [9.17, 15) is 4.79 Å². The van der Waals surface area contributed by atoms with Gasteiger partial charge >= 0.3 is 5.97 Å². The highest BCUT2D eigenvalue weighted by molar-refractivity contribution is 5.66. The van der Waals surface area contributed by atoms with Crippen molar-refractivity contribution in [2.24, 2.45) is 5.41 Å². The molecule has 1 aliphatic carbocycles. The number of hydrogen-bond donors (Lipinski definition) is 0. The molecule has 0 amide bonds. The number of esters is 1. The van der Waals surface area contributed by atoms with Crippen LogP contribution < -0.4 is 0 Å². The Kier molecular flexibility index (Phi) is 3.93. The zero-order valence-corrected chi connectivity index (χ0v) is 9.34. The van der Waals surface area contributed by atoms with Gasteiger partial charge in [-0.05, 0) is 12.8 Å². The molecule has 1 rings (SSSR count). The lowest BCUT2D eigenvalue weighted by Gasteiger charge is -2.38. The Balaban J connectivity index is 2.60. The first-order valence-corrected chi connectivity index (χ1v) is 5.28. The number of hydrogen-bond acceptors (Lipinski definition) is 3. The second-order valence-corrected chi connectivity index (χ2v) is 4.39. The number of carbonyl (C=O) groups is 1. The Labute approximate surface area is 85.8 Å². The molecule has 1 atom stereocenters. The van der Waals surface area contributed by atoms with Crippen molar-refractivity contribution in [1.82, 2.24) is 0 Å². The molecular formula is C11H20O3. The van der Waals surface area contributed by atoms with E-state index in [1.807, 2.05) is 0 Å². The molecule has 0 aliphatic heterocycles. The first-order chi connectivity index (χ1) is 6.58. The standard InChI is InChI=1S/C11H20O3/c1-9(12)14-10(13-3)11(2)7-5-4-6-8-11/h10H,4-8H2,1-3H3. The molecule has 82 valence electrons. The van der Waals surface area contributed by atoms with E-state index in [1.165, 1.54) is 26.2 Å². The summed E-state index contributed by atoms with van der Waals surface area (Å²) in [7, 11) is 1.60. The smallest absolute Gasteiger partial charge is 0.304 e. The summed E-state index contributed by atoms with van der Waals surface area (Å²) in [4.78, 5) is 10.9. The third-order valence-corrected chi connectivity index (χ3v) is 3.05. The third-order valence-electron chi connectivity index (χ3n) is 3.05. The quantitative estimate of drug-likeness (QED) is 0.518. The summed E-state index contributed by atoms with van der Waals surface area (Å²) in [6.07, 6.45) is 5.49. The predicted molar refractivity (Wildman–Crippen MR) is 53.8 cm³/mol. The van der Waals surface area contributed by atoms with E-state index in [1.54, 1.807) is 7.11 Å². The molecule has 3 heteroatoms. The molecule has 0 radical (unpaired) electrons. The van der Waals surface area contributed by atoms with E-state index in [2.05, 4.69) is 6.92 Å². The highest BCUT2D eigenvalue weighted by atomic mass is 16.7. The first kappa shape index (κ1) is 11.5. The van der Waals surface area contributed by atoms with Crippen LogP contribution in [0.15, 0.2) is 0 Å². The molecule has 0 saturated heterocycles. The zero-order chi connectivity index (χ0) is 10.6. The summed E-state index contributed by atoms with van der Waals surface area (Å²) >= 11 is 0. The third kappa shape index (κ3) is 2.71. The van der Waals surface area contributed by atoms with Crippen molar-refractivity contribution in [2.75, 3.05) is 7.11 Å². The van der Waals surface area contributed by atoms with Crippen molar-refractivity contribution in [3.63, 3.8) is 0 Å². The summed E-state index contributed by atoms with van der Waals surface area (Å²) in [6.45, 7) is 3.57. The molecule has 0 heterocycles. The van der Waals surface area contributed by atoms with Crippen LogP contribution in [0.1, 0.15) is 46.0 Å². The second kappa shape index (κ2) is 4.78. The Bertz CT molecular complexity index is 195. The van der Waals surface area contributed by atoms with Crippen LogP contribution >= 0.6 is 0 Å². The maximum atomic E-state index is 10.9. The predicted octanol–water partition coefficient (Wildman–Crippen LogP) is 2.49. The van der Waals surface area contributed by atoms with Gasteiger partial charge in [0, 0.05) is 19.4 Å². The average Bonchev–Trinajstić information content (AvgIpc) is 2.15. The number of carbonyl (C=O) groups excluding carboxylic acids is 1. The second-order valence-electron chi connectivity index (χ2n) is 4.39. The maximum absolute atomic E-state index is 10.9. The van der Waals surface area contributed by atoms with Gasteiger partial charge in [-0.25, -0.2) is 0 Å². The van der Waals surface area contributed by atoms with Crippen LogP contribution in [0, 0.1) is 5.41 Å². The van der Waals surface area contributed by atoms with Crippen LogP contribution in [0.4, 0.5) is 0 Å². The van der Waals surface area contributed by atoms with Gasteiger partial charge in [0.05, 0.1) is 0 Å². The van der Waals surface area contributed by atoms with Crippen LogP contribution in [0.2, 0.25) is 0 Å². The molecule has 0 N–H and O–H groups in total. The van der Waals surface area contributed by atoms with E-state index in [-0.39, 0.29) is 17.7 Å². The largest absolute Gasteiger partial charge is 0.435 e. The van der Waals surface area contributed by atoms with Crippen LogP contribution in [-0.2, 0) is 14.3 Å². The molecule has 0 spiro atoms. The average molecular weight is 200 g/mol. The zero-order valence-electron chi connectivity index (χ0n) is 9.34. The number of methoxy groups -OCH3 is 1. The minimum atomic E-state index is -0.375.